The molecule has 0 heterocycles. The Labute approximate surface area is 64.0 Å². The first kappa shape index (κ1) is 6.69. The Kier molecular flexibility index (Phi) is 1.51. The van der Waals surface area contributed by atoms with E-state index in [1.54, 1.807) is 6.42 Å². The molecule has 0 aliphatic heterocycles. The monoisotopic (exact) mass is 138 g/mol. The predicted molar refractivity (Wildman–Crippen MR) is 43.9 cm³/mol. The molecule has 0 amide bonds. The molecule has 2 saturated carbocycles. The van der Waals surface area contributed by atoms with Gasteiger partial charge in [-0.2, -0.15) is 0 Å². The lowest BCUT2D eigenvalue weighted by Crippen LogP contribution is -2.29. The summed E-state index contributed by atoms with van der Waals surface area (Å²) in [6.07, 6.45) is 10.7. The van der Waals surface area contributed by atoms with Crippen LogP contribution >= 0.6 is 0 Å². The third-order valence-corrected chi connectivity index (χ3v) is 3.57. The smallest absolute Gasteiger partial charge is 0.0323 e. The highest BCUT2D eigenvalue weighted by Crippen LogP contribution is 2.48. The van der Waals surface area contributed by atoms with Crippen LogP contribution in [0.5, 0.6) is 0 Å². The van der Waals surface area contributed by atoms with Crippen molar-refractivity contribution in [1.82, 2.24) is 0 Å². The molecule has 58 valence electrons. The summed E-state index contributed by atoms with van der Waals surface area (Å²) in [4.78, 5) is 0. The third kappa shape index (κ3) is 1.09. The lowest BCUT2D eigenvalue weighted by atomic mass is 9.63. The van der Waals surface area contributed by atoms with E-state index in [9.17, 15) is 0 Å². The number of fused-ring (bicyclic) bond motifs is 2. The van der Waals surface area contributed by atoms with Crippen LogP contribution in [-0.4, -0.2) is 0 Å². The van der Waals surface area contributed by atoms with Gasteiger partial charge in [-0.1, -0.05) is 32.6 Å². The molecule has 2 bridgehead atoms. The Morgan fingerprint density at radius 2 is 1.70 bits per heavy atom. The van der Waals surface area contributed by atoms with Crippen molar-refractivity contribution >= 4 is 0 Å². The molecular formula is C10H18. The molecule has 0 N–H and O–H groups in total. The fraction of sp³-hybridized carbons (Fsp3) is 1.00. The average Bonchev–Trinajstić information content (AvgIpc) is 1.86. The molecular weight excluding hydrogens is 120 g/mol. The molecule has 0 aromatic heterocycles. The van der Waals surface area contributed by atoms with E-state index in [0.717, 1.165) is 11.3 Å². The van der Waals surface area contributed by atoms with Crippen LogP contribution in [0.15, 0.2) is 0 Å². The summed E-state index contributed by atoms with van der Waals surface area (Å²) in [5, 5.41) is 0. The Morgan fingerprint density at radius 1 is 1.10 bits per heavy atom. The minimum absolute atomic E-state index is 0.779. The Bertz CT molecular complexity index is 116. The first-order valence-electron chi connectivity index (χ1n) is 4.79. The van der Waals surface area contributed by atoms with Crippen molar-refractivity contribution in [3.63, 3.8) is 0 Å². The second-order valence-electron chi connectivity index (χ2n) is 4.67. The van der Waals surface area contributed by atoms with E-state index in [0.29, 0.717) is 0 Å². The van der Waals surface area contributed by atoms with Crippen LogP contribution in [0.4, 0.5) is 0 Å². The van der Waals surface area contributed by atoms with Gasteiger partial charge in [-0.25, -0.2) is 0 Å². The molecule has 0 unspecified atom stereocenters. The van der Waals surface area contributed by atoms with Gasteiger partial charge in [0.25, 0.3) is 0 Å². The van der Waals surface area contributed by atoms with Gasteiger partial charge >= 0.3 is 0 Å². The van der Waals surface area contributed by atoms with Crippen LogP contribution in [0.2, 0.25) is 0 Å². The van der Waals surface area contributed by atoms with E-state index >= 15 is 0 Å². The molecule has 0 atom stereocenters. The van der Waals surface area contributed by atoms with Gasteiger partial charge in [-0.15, -0.1) is 0 Å². The van der Waals surface area contributed by atoms with Gasteiger partial charge in [0.2, 0.25) is 0 Å². The van der Waals surface area contributed by atoms with Crippen molar-refractivity contribution < 1.29 is 0 Å². The second-order valence-corrected chi connectivity index (χ2v) is 4.67. The number of hydrogen-bond acceptors (Lipinski definition) is 0. The largest absolute Gasteiger partial charge is 0.0596 e. The molecule has 0 saturated heterocycles. The summed E-state index contributed by atoms with van der Waals surface area (Å²) in [5.74, 6) is 1.12. The number of hydrogen-bond donors (Lipinski definition) is 0. The fourth-order valence-electron chi connectivity index (χ4n) is 3.01. The van der Waals surface area contributed by atoms with Gasteiger partial charge in [0.15, 0.2) is 0 Å². The Hall–Kier alpha value is 0. The second kappa shape index (κ2) is 2.25. The van der Waals surface area contributed by atoms with Gasteiger partial charge in [0, 0.05) is 0 Å². The van der Waals surface area contributed by atoms with Gasteiger partial charge in [-0.3, -0.25) is 0 Å². The summed E-state index contributed by atoms with van der Waals surface area (Å²) in [6.45, 7) is 2.50. The Balaban J connectivity index is 2.07. The van der Waals surface area contributed by atoms with Crippen LogP contribution in [-0.2, 0) is 0 Å². The summed E-state index contributed by atoms with van der Waals surface area (Å²) in [7, 11) is 0. The molecule has 2 fully saturated rings. The Morgan fingerprint density at radius 3 is 2.10 bits per heavy atom. The highest BCUT2D eigenvalue weighted by Gasteiger charge is 2.34. The highest BCUT2D eigenvalue weighted by atomic mass is 14.4. The van der Waals surface area contributed by atoms with E-state index in [1.807, 2.05) is 0 Å². The molecule has 2 aliphatic carbocycles. The SMILES string of the molecule is CC12CCCC(CCC1)C2. The van der Waals surface area contributed by atoms with Crippen molar-refractivity contribution in [3.05, 3.63) is 0 Å². The zero-order valence-corrected chi connectivity index (χ0v) is 7.03. The van der Waals surface area contributed by atoms with Gasteiger partial charge in [-0.05, 0) is 30.6 Å². The molecule has 0 aromatic carbocycles. The zero-order chi connectivity index (χ0) is 7.03. The van der Waals surface area contributed by atoms with E-state index in [1.165, 1.54) is 38.5 Å². The zero-order valence-electron chi connectivity index (χ0n) is 7.03. The average molecular weight is 138 g/mol. The maximum Gasteiger partial charge on any atom is -0.0323 e. The van der Waals surface area contributed by atoms with Gasteiger partial charge < -0.3 is 0 Å². The summed E-state index contributed by atoms with van der Waals surface area (Å²) in [6, 6.07) is 0. The molecule has 0 radical (unpaired) electrons. The lowest BCUT2D eigenvalue weighted by Gasteiger charge is -2.42. The van der Waals surface area contributed by atoms with Crippen LogP contribution in [0.25, 0.3) is 0 Å². The first-order chi connectivity index (χ1) is 4.79. The molecule has 0 aromatic rings. The molecule has 0 nitrogen and oxygen atoms in total. The minimum Gasteiger partial charge on any atom is -0.0596 e. The predicted octanol–water partition coefficient (Wildman–Crippen LogP) is 3.37. The minimum atomic E-state index is 0.779. The summed E-state index contributed by atoms with van der Waals surface area (Å²) >= 11 is 0. The van der Waals surface area contributed by atoms with E-state index < -0.39 is 0 Å². The van der Waals surface area contributed by atoms with Crippen LogP contribution in [0.1, 0.15) is 51.9 Å². The van der Waals surface area contributed by atoms with Gasteiger partial charge in [0.05, 0.1) is 0 Å². The summed E-state index contributed by atoms with van der Waals surface area (Å²) in [5.41, 5.74) is 0.779. The quantitative estimate of drug-likeness (QED) is 0.481. The van der Waals surface area contributed by atoms with Crippen molar-refractivity contribution in [3.8, 4) is 0 Å². The fourth-order valence-corrected chi connectivity index (χ4v) is 3.01. The van der Waals surface area contributed by atoms with Crippen LogP contribution in [0, 0.1) is 11.3 Å². The molecule has 2 aliphatic rings. The standard InChI is InChI=1S/C10H18/c1-10-6-2-4-9(8-10)5-3-7-10/h9H,2-8H2,1H3. The molecule has 10 heavy (non-hydrogen) atoms. The van der Waals surface area contributed by atoms with Crippen molar-refractivity contribution in [2.45, 2.75) is 51.9 Å². The van der Waals surface area contributed by atoms with Crippen molar-refractivity contribution in [2.24, 2.45) is 11.3 Å². The van der Waals surface area contributed by atoms with E-state index in [-0.39, 0.29) is 0 Å². The highest BCUT2D eigenvalue weighted by molar-refractivity contribution is 4.86. The maximum atomic E-state index is 2.50. The molecule has 0 spiro atoms. The van der Waals surface area contributed by atoms with Crippen LogP contribution < -0.4 is 0 Å². The number of rotatable bonds is 0. The van der Waals surface area contributed by atoms with Crippen molar-refractivity contribution in [1.29, 1.82) is 0 Å². The first-order valence-corrected chi connectivity index (χ1v) is 4.79. The van der Waals surface area contributed by atoms with Crippen molar-refractivity contribution in [2.75, 3.05) is 0 Å². The summed E-state index contributed by atoms with van der Waals surface area (Å²) < 4.78 is 0. The lowest BCUT2D eigenvalue weighted by molar-refractivity contribution is 0.0960. The van der Waals surface area contributed by atoms with Crippen LogP contribution in [0.3, 0.4) is 0 Å². The van der Waals surface area contributed by atoms with Gasteiger partial charge in [0.1, 0.15) is 0 Å². The topological polar surface area (TPSA) is 0 Å². The third-order valence-electron chi connectivity index (χ3n) is 3.57. The van der Waals surface area contributed by atoms with E-state index in [2.05, 4.69) is 6.92 Å². The normalized spacial score (nSPS) is 47.1. The molecule has 0 heteroatoms. The van der Waals surface area contributed by atoms with E-state index in [4.69, 9.17) is 0 Å². The maximum absolute atomic E-state index is 2.50. The molecule has 2 rings (SSSR count).